The number of carboxylic acids is 1. The fraction of sp³-hybridized carbons (Fsp3) is 0.211. The van der Waals surface area contributed by atoms with E-state index in [4.69, 9.17) is 5.11 Å². The Morgan fingerprint density at radius 3 is 2.52 bits per heavy atom. The van der Waals surface area contributed by atoms with E-state index in [9.17, 15) is 14.4 Å². The SMILES string of the molecule is O=C(O)CCNC(=O)C(Cc1ccccc1)n1nnc2ccccc2c1=O. The molecule has 0 aliphatic rings. The summed E-state index contributed by atoms with van der Waals surface area (Å²) in [5.74, 6) is -1.50. The summed E-state index contributed by atoms with van der Waals surface area (Å²) in [6.45, 7) is -0.0325. The van der Waals surface area contributed by atoms with Gasteiger partial charge in [0.2, 0.25) is 5.91 Å². The molecule has 0 radical (unpaired) electrons. The Hall–Kier alpha value is -3.55. The zero-order valence-electron chi connectivity index (χ0n) is 14.4. The highest BCUT2D eigenvalue weighted by atomic mass is 16.4. The topological polar surface area (TPSA) is 114 Å². The van der Waals surface area contributed by atoms with Gasteiger partial charge >= 0.3 is 5.97 Å². The van der Waals surface area contributed by atoms with Crippen molar-refractivity contribution in [2.75, 3.05) is 6.54 Å². The molecule has 0 aliphatic carbocycles. The Morgan fingerprint density at radius 1 is 1.07 bits per heavy atom. The van der Waals surface area contributed by atoms with E-state index >= 15 is 0 Å². The van der Waals surface area contributed by atoms with Crippen molar-refractivity contribution >= 4 is 22.8 Å². The van der Waals surface area contributed by atoms with Gasteiger partial charge in [0, 0.05) is 13.0 Å². The number of rotatable bonds is 7. The van der Waals surface area contributed by atoms with Crippen molar-refractivity contribution in [2.45, 2.75) is 18.9 Å². The van der Waals surface area contributed by atoms with E-state index in [0.717, 1.165) is 10.2 Å². The van der Waals surface area contributed by atoms with E-state index in [-0.39, 0.29) is 19.4 Å². The van der Waals surface area contributed by atoms with E-state index in [2.05, 4.69) is 15.6 Å². The van der Waals surface area contributed by atoms with Crippen LogP contribution in [0.25, 0.3) is 10.9 Å². The highest BCUT2D eigenvalue weighted by Crippen LogP contribution is 2.14. The second-order valence-electron chi connectivity index (χ2n) is 6.00. The van der Waals surface area contributed by atoms with E-state index in [1.165, 1.54) is 0 Å². The van der Waals surface area contributed by atoms with Crippen LogP contribution in [0.15, 0.2) is 59.4 Å². The third kappa shape index (κ3) is 4.35. The van der Waals surface area contributed by atoms with Crippen LogP contribution < -0.4 is 10.9 Å². The Kier molecular flexibility index (Phi) is 5.55. The fourth-order valence-corrected chi connectivity index (χ4v) is 2.74. The molecule has 1 atom stereocenters. The van der Waals surface area contributed by atoms with Crippen LogP contribution in [0.1, 0.15) is 18.0 Å². The van der Waals surface area contributed by atoms with Gasteiger partial charge in [0.15, 0.2) is 0 Å². The molecule has 1 aromatic heterocycles. The molecule has 0 bridgehead atoms. The number of carbonyl (C=O) groups is 2. The normalized spacial score (nSPS) is 11.9. The highest BCUT2D eigenvalue weighted by molar-refractivity contribution is 5.82. The molecule has 1 amide bonds. The molecule has 138 valence electrons. The summed E-state index contributed by atoms with van der Waals surface area (Å²) < 4.78 is 1.06. The van der Waals surface area contributed by atoms with Crippen molar-refractivity contribution in [2.24, 2.45) is 0 Å². The molecule has 3 rings (SSSR count). The molecule has 2 aromatic carbocycles. The second-order valence-corrected chi connectivity index (χ2v) is 6.00. The first kappa shape index (κ1) is 18.2. The molecule has 0 aliphatic heterocycles. The number of fused-ring (bicyclic) bond motifs is 1. The van der Waals surface area contributed by atoms with Crippen LogP contribution >= 0.6 is 0 Å². The number of nitrogens with one attached hydrogen (secondary N) is 1. The molecule has 0 spiro atoms. The third-order valence-electron chi connectivity index (χ3n) is 4.10. The Morgan fingerprint density at radius 2 is 1.78 bits per heavy atom. The van der Waals surface area contributed by atoms with Gasteiger partial charge in [0.1, 0.15) is 11.6 Å². The van der Waals surface area contributed by atoms with Gasteiger partial charge in [-0.1, -0.05) is 47.7 Å². The van der Waals surface area contributed by atoms with Crippen molar-refractivity contribution < 1.29 is 14.7 Å². The molecule has 0 saturated heterocycles. The van der Waals surface area contributed by atoms with Crippen LogP contribution in [0.4, 0.5) is 0 Å². The Bertz CT molecular complexity index is 1020. The van der Waals surface area contributed by atoms with Crippen LogP contribution in [0.2, 0.25) is 0 Å². The van der Waals surface area contributed by atoms with Crippen LogP contribution in [-0.4, -0.2) is 38.5 Å². The quantitative estimate of drug-likeness (QED) is 0.649. The third-order valence-corrected chi connectivity index (χ3v) is 4.10. The van der Waals surface area contributed by atoms with E-state index in [0.29, 0.717) is 10.9 Å². The number of aromatic nitrogens is 3. The lowest BCUT2D eigenvalue weighted by Crippen LogP contribution is -2.40. The van der Waals surface area contributed by atoms with Crippen molar-refractivity contribution in [3.8, 4) is 0 Å². The summed E-state index contributed by atoms with van der Waals surface area (Å²) in [5, 5.41) is 19.7. The zero-order chi connectivity index (χ0) is 19.2. The number of amides is 1. The van der Waals surface area contributed by atoms with Crippen LogP contribution in [-0.2, 0) is 16.0 Å². The van der Waals surface area contributed by atoms with E-state index < -0.39 is 23.5 Å². The minimum Gasteiger partial charge on any atom is -0.481 e. The predicted molar refractivity (Wildman–Crippen MR) is 98.2 cm³/mol. The van der Waals surface area contributed by atoms with Crippen LogP contribution in [0.5, 0.6) is 0 Å². The van der Waals surface area contributed by atoms with Crippen molar-refractivity contribution in [3.05, 3.63) is 70.5 Å². The molecule has 8 nitrogen and oxygen atoms in total. The first-order valence-electron chi connectivity index (χ1n) is 8.44. The molecular weight excluding hydrogens is 348 g/mol. The van der Waals surface area contributed by atoms with Gasteiger partial charge in [-0.25, -0.2) is 0 Å². The molecule has 1 unspecified atom stereocenters. The average Bonchev–Trinajstić information content (AvgIpc) is 2.67. The molecule has 8 heteroatoms. The summed E-state index contributed by atoms with van der Waals surface area (Å²) in [4.78, 5) is 36.2. The lowest BCUT2D eigenvalue weighted by atomic mass is 10.1. The summed E-state index contributed by atoms with van der Waals surface area (Å²) in [5.41, 5.74) is 0.871. The summed E-state index contributed by atoms with van der Waals surface area (Å²) in [6.07, 6.45) is 0.0226. The number of nitrogens with zero attached hydrogens (tertiary/aromatic N) is 3. The Labute approximate surface area is 154 Å². The predicted octanol–water partition coefficient (Wildman–Crippen LogP) is 1.17. The average molecular weight is 366 g/mol. The molecule has 0 saturated carbocycles. The van der Waals surface area contributed by atoms with Gasteiger partial charge < -0.3 is 10.4 Å². The van der Waals surface area contributed by atoms with Crippen molar-refractivity contribution in [1.82, 2.24) is 20.3 Å². The minimum atomic E-state index is -1.02. The molecule has 3 aromatic rings. The van der Waals surface area contributed by atoms with Crippen LogP contribution in [0, 0.1) is 0 Å². The Balaban J connectivity index is 1.96. The number of hydrogen-bond acceptors (Lipinski definition) is 5. The lowest BCUT2D eigenvalue weighted by molar-refractivity contribution is -0.137. The van der Waals surface area contributed by atoms with Crippen LogP contribution in [0.3, 0.4) is 0 Å². The maximum Gasteiger partial charge on any atom is 0.305 e. The largest absolute Gasteiger partial charge is 0.481 e. The first-order valence-corrected chi connectivity index (χ1v) is 8.44. The highest BCUT2D eigenvalue weighted by Gasteiger charge is 2.24. The monoisotopic (exact) mass is 366 g/mol. The van der Waals surface area contributed by atoms with Gasteiger partial charge in [0.05, 0.1) is 11.8 Å². The van der Waals surface area contributed by atoms with Gasteiger partial charge in [-0.2, -0.15) is 4.68 Å². The number of benzene rings is 2. The molecular formula is C19H18N4O4. The zero-order valence-corrected chi connectivity index (χ0v) is 14.4. The summed E-state index contributed by atoms with van der Waals surface area (Å²) in [7, 11) is 0. The van der Waals surface area contributed by atoms with Gasteiger partial charge in [-0.15, -0.1) is 5.10 Å². The maximum atomic E-state index is 12.8. The van der Waals surface area contributed by atoms with E-state index in [1.807, 2.05) is 30.3 Å². The molecule has 0 fully saturated rings. The van der Waals surface area contributed by atoms with Gasteiger partial charge in [-0.05, 0) is 17.7 Å². The van der Waals surface area contributed by atoms with Crippen molar-refractivity contribution in [1.29, 1.82) is 0 Å². The van der Waals surface area contributed by atoms with Gasteiger partial charge in [-0.3, -0.25) is 14.4 Å². The van der Waals surface area contributed by atoms with Crippen molar-refractivity contribution in [3.63, 3.8) is 0 Å². The van der Waals surface area contributed by atoms with E-state index in [1.54, 1.807) is 24.3 Å². The number of hydrogen-bond donors (Lipinski definition) is 2. The summed E-state index contributed by atoms with van der Waals surface area (Å²) in [6, 6.07) is 15.0. The standard InChI is InChI=1S/C19H18N4O4/c24-17(25)10-11-20-18(26)16(12-13-6-2-1-3-7-13)23-19(27)14-8-4-5-9-15(14)21-22-23/h1-9,16H,10-12H2,(H,20,26)(H,24,25). The first-order chi connectivity index (χ1) is 13.1. The smallest absolute Gasteiger partial charge is 0.305 e. The van der Waals surface area contributed by atoms with Gasteiger partial charge in [0.25, 0.3) is 5.56 Å². The molecule has 2 N–H and O–H groups in total. The number of aliphatic carboxylic acids is 1. The number of carboxylic acid groups (broad SMARTS) is 1. The fourth-order valence-electron chi connectivity index (χ4n) is 2.74. The minimum absolute atomic E-state index is 0.0325. The molecule has 27 heavy (non-hydrogen) atoms. The number of carbonyl (C=O) groups excluding carboxylic acids is 1. The lowest BCUT2D eigenvalue weighted by Gasteiger charge is -2.18. The molecule has 1 heterocycles. The summed E-state index contributed by atoms with van der Waals surface area (Å²) >= 11 is 0. The second kappa shape index (κ2) is 8.22. The maximum absolute atomic E-state index is 12.8.